The molecule has 0 bridgehead atoms. The maximum Gasteiger partial charge on any atom is 0.320 e. The highest BCUT2D eigenvalue weighted by atomic mass is 16.6. The Balaban J connectivity index is 1.66. The minimum absolute atomic E-state index is 0.0293. The molecule has 0 amide bonds. The standard InChI is InChI=1S/C14H25NO3/c1-10-7-13(8-11(2)17-10)18-14(16)9-15-12-5-3-4-6-12/h10-13,15H,3-9H2,1-2H3. The number of rotatable bonds is 4. The van der Waals surface area contributed by atoms with Crippen LogP contribution >= 0.6 is 0 Å². The summed E-state index contributed by atoms with van der Waals surface area (Å²) in [6.07, 6.45) is 6.99. The molecule has 1 saturated carbocycles. The number of esters is 1. The van der Waals surface area contributed by atoms with E-state index in [4.69, 9.17) is 9.47 Å². The van der Waals surface area contributed by atoms with Crippen LogP contribution in [-0.2, 0) is 14.3 Å². The van der Waals surface area contributed by atoms with Gasteiger partial charge in [0.1, 0.15) is 6.10 Å². The van der Waals surface area contributed by atoms with E-state index in [-0.39, 0.29) is 24.3 Å². The molecule has 2 rings (SSSR count). The predicted octanol–water partition coefficient (Wildman–Crippen LogP) is 2.02. The van der Waals surface area contributed by atoms with Crippen molar-refractivity contribution in [2.45, 2.75) is 76.7 Å². The van der Waals surface area contributed by atoms with E-state index in [0.29, 0.717) is 12.6 Å². The van der Waals surface area contributed by atoms with Crippen molar-refractivity contribution < 1.29 is 14.3 Å². The zero-order valence-corrected chi connectivity index (χ0v) is 11.5. The van der Waals surface area contributed by atoms with Gasteiger partial charge in [0.2, 0.25) is 0 Å². The van der Waals surface area contributed by atoms with Gasteiger partial charge in [0, 0.05) is 18.9 Å². The molecule has 2 aliphatic rings. The minimum Gasteiger partial charge on any atom is -0.461 e. The molecule has 18 heavy (non-hydrogen) atoms. The Hall–Kier alpha value is -0.610. The monoisotopic (exact) mass is 255 g/mol. The average molecular weight is 255 g/mol. The molecule has 1 saturated heterocycles. The molecule has 1 N–H and O–H groups in total. The van der Waals surface area contributed by atoms with Crippen molar-refractivity contribution in [1.82, 2.24) is 5.32 Å². The first kappa shape index (κ1) is 13.8. The first-order valence-electron chi connectivity index (χ1n) is 7.22. The van der Waals surface area contributed by atoms with Crippen molar-refractivity contribution in [2.75, 3.05) is 6.54 Å². The molecule has 1 aliphatic carbocycles. The third kappa shape index (κ3) is 4.25. The topological polar surface area (TPSA) is 47.6 Å². The first-order valence-corrected chi connectivity index (χ1v) is 7.22. The van der Waals surface area contributed by atoms with Gasteiger partial charge in [-0.15, -0.1) is 0 Å². The summed E-state index contributed by atoms with van der Waals surface area (Å²) in [5.74, 6) is -0.117. The molecular weight excluding hydrogens is 230 g/mol. The molecule has 2 fully saturated rings. The summed E-state index contributed by atoms with van der Waals surface area (Å²) < 4.78 is 11.1. The van der Waals surface area contributed by atoms with Crippen molar-refractivity contribution in [2.24, 2.45) is 0 Å². The van der Waals surface area contributed by atoms with Gasteiger partial charge in [-0.3, -0.25) is 4.79 Å². The molecule has 1 heterocycles. The summed E-state index contributed by atoms with van der Waals surface area (Å²) in [7, 11) is 0. The molecule has 4 nitrogen and oxygen atoms in total. The summed E-state index contributed by atoms with van der Waals surface area (Å²) >= 11 is 0. The highest BCUT2D eigenvalue weighted by Gasteiger charge is 2.27. The van der Waals surface area contributed by atoms with Gasteiger partial charge in [-0.2, -0.15) is 0 Å². The molecule has 0 aromatic heterocycles. The highest BCUT2D eigenvalue weighted by molar-refractivity contribution is 5.71. The summed E-state index contributed by atoms with van der Waals surface area (Å²) in [5, 5.41) is 3.29. The highest BCUT2D eigenvalue weighted by Crippen LogP contribution is 2.22. The van der Waals surface area contributed by atoms with Crippen LogP contribution in [-0.4, -0.2) is 36.9 Å². The Morgan fingerprint density at radius 1 is 1.22 bits per heavy atom. The Bertz CT molecular complexity index is 266. The third-order valence-electron chi connectivity index (χ3n) is 3.84. The van der Waals surface area contributed by atoms with Gasteiger partial charge in [-0.05, 0) is 26.7 Å². The van der Waals surface area contributed by atoms with Gasteiger partial charge in [-0.1, -0.05) is 12.8 Å². The zero-order chi connectivity index (χ0) is 13.0. The van der Waals surface area contributed by atoms with Crippen LogP contribution in [0.4, 0.5) is 0 Å². The maximum atomic E-state index is 11.8. The lowest BCUT2D eigenvalue weighted by molar-refractivity contribution is -0.158. The lowest BCUT2D eigenvalue weighted by atomic mass is 10.0. The Morgan fingerprint density at radius 3 is 2.44 bits per heavy atom. The SMILES string of the molecule is CC1CC(OC(=O)CNC2CCCC2)CC(C)O1. The number of carbonyl (C=O) groups excluding carboxylic acids is 1. The van der Waals surface area contributed by atoms with E-state index in [0.717, 1.165) is 12.8 Å². The van der Waals surface area contributed by atoms with Crippen molar-refractivity contribution in [3.63, 3.8) is 0 Å². The third-order valence-corrected chi connectivity index (χ3v) is 3.84. The maximum absolute atomic E-state index is 11.8. The summed E-state index contributed by atoms with van der Waals surface area (Å²) in [6.45, 7) is 4.42. The normalized spacial score (nSPS) is 33.6. The van der Waals surface area contributed by atoms with E-state index in [1.807, 2.05) is 13.8 Å². The van der Waals surface area contributed by atoms with Crippen LogP contribution in [0.25, 0.3) is 0 Å². The quantitative estimate of drug-likeness (QED) is 0.781. The van der Waals surface area contributed by atoms with Gasteiger partial charge in [0.05, 0.1) is 18.8 Å². The minimum atomic E-state index is -0.117. The largest absolute Gasteiger partial charge is 0.461 e. The molecule has 2 unspecified atom stereocenters. The number of carbonyl (C=O) groups is 1. The van der Waals surface area contributed by atoms with Crippen LogP contribution in [0.5, 0.6) is 0 Å². The van der Waals surface area contributed by atoms with Crippen LogP contribution in [0.1, 0.15) is 52.4 Å². The number of nitrogens with one attached hydrogen (secondary N) is 1. The second-order valence-corrected chi connectivity index (χ2v) is 5.70. The number of hydrogen-bond acceptors (Lipinski definition) is 4. The van der Waals surface area contributed by atoms with Crippen LogP contribution in [0.2, 0.25) is 0 Å². The van der Waals surface area contributed by atoms with Crippen LogP contribution < -0.4 is 5.32 Å². The van der Waals surface area contributed by atoms with Crippen LogP contribution in [0.3, 0.4) is 0 Å². The molecular formula is C14H25NO3. The Morgan fingerprint density at radius 2 is 1.83 bits per heavy atom. The fourth-order valence-electron chi connectivity index (χ4n) is 3.03. The summed E-state index contributed by atoms with van der Waals surface area (Å²) in [4.78, 5) is 11.8. The second kappa shape index (κ2) is 6.53. The Labute approximate surface area is 109 Å². The van der Waals surface area contributed by atoms with E-state index < -0.39 is 0 Å². The smallest absolute Gasteiger partial charge is 0.320 e. The molecule has 0 aromatic rings. The van der Waals surface area contributed by atoms with Crippen molar-refractivity contribution in [1.29, 1.82) is 0 Å². The number of ether oxygens (including phenoxy) is 2. The Kier molecular flexibility index (Phi) is 5.01. The first-order chi connectivity index (χ1) is 8.63. The molecule has 104 valence electrons. The lowest BCUT2D eigenvalue weighted by Crippen LogP contribution is -2.38. The predicted molar refractivity (Wildman–Crippen MR) is 69.4 cm³/mol. The van der Waals surface area contributed by atoms with Gasteiger partial charge < -0.3 is 14.8 Å². The average Bonchev–Trinajstić information content (AvgIpc) is 2.77. The van der Waals surface area contributed by atoms with Crippen molar-refractivity contribution in [3.05, 3.63) is 0 Å². The van der Waals surface area contributed by atoms with Crippen LogP contribution in [0.15, 0.2) is 0 Å². The lowest BCUT2D eigenvalue weighted by Gasteiger charge is -2.31. The molecule has 0 radical (unpaired) electrons. The van der Waals surface area contributed by atoms with Crippen LogP contribution in [0, 0.1) is 0 Å². The molecule has 0 aromatic carbocycles. The van der Waals surface area contributed by atoms with E-state index >= 15 is 0 Å². The van der Waals surface area contributed by atoms with Crippen molar-refractivity contribution >= 4 is 5.97 Å². The second-order valence-electron chi connectivity index (χ2n) is 5.70. The summed E-state index contributed by atoms with van der Waals surface area (Å²) in [6, 6.07) is 0.519. The fourth-order valence-corrected chi connectivity index (χ4v) is 3.03. The molecule has 0 spiro atoms. The number of hydrogen-bond donors (Lipinski definition) is 1. The van der Waals surface area contributed by atoms with Gasteiger partial charge >= 0.3 is 5.97 Å². The molecule has 4 heteroatoms. The molecule has 2 atom stereocenters. The van der Waals surface area contributed by atoms with Gasteiger partial charge in [0.15, 0.2) is 0 Å². The van der Waals surface area contributed by atoms with E-state index in [1.165, 1.54) is 25.7 Å². The zero-order valence-electron chi connectivity index (χ0n) is 11.5. The fraction of sp³-hybridized carbons (Fsp3) is 0.929. The van der Waals surface area contributed by atoms with Gasteiger partial charge in [0.25, 0.3) is 0 Å². The van der Waals surface area contributed by atoms with Gasteiger partial charge in [-0.25, -0.2) is 0 Å². The van der Waals surface area contributed by atoms with E-state index in [1.54, 1.807) is 0 Å². The molecule has 1 aliphatic heterocycles. The van der Waals surface area contributed by atoms with Crippen molar-refractivity contribution in [3.8, 4) is 0 Å². The summed E-state index contributed by atoms with van der Waals surface area (Å²) in [5.41, 5.74) is 0. The van der Waals surface area contributed by atoms with E-state index in [2.05, 4.69) is 5.32 Å². The van der Waals surface area contributed by atoms with E-state index in [9.17, 15) is 4.79 Å².